The second-order valence-corrected chi connectivity index (χ2v) is 6.77. The van der Waals surface area contributed by atoms with Gasteiger partial charge in [0.25, 0.3) is 0 Å². The number of likely N-dealkylation sites (tertiary alicyclic amines) is 1. The summed E-state index contributed by atoms with van der Waals surface area (Å²) in [5.41, 5.74) is 4.26. The normalized spacial score (nSPS) is 17.4. The molecule has 0 radical (unpaired) electrons. The number of methoxy groups -OCH3 is 1. The number of carbonyl (C=O) groups is 2. The predicted molar refractivity (Wildman–Crippen MR) is 95.1 cm³/mol. The van der Waals surface area contributed by atoms with Crippen LogP contribution in [0.4, 0.5) is 5.69 Å². The van der Waals surface area contributed by atoms with Gasteiger partial charge in [-0.05, 0) is 64.8 Å². The number of hydrogen-bond acceptors (Lipinski definition) is 4. The van der Waals surface area contributed by atoms with Gasteiger partial charge >= 0.3 is 5.97 Å². The molecule has 1 fully saturated rings. The molecule has 1 amide bonds. The standard InChI is InChI=1S/C19H28N2O3/c1-12-10-13(2)17(14(3)11-12)20-18(22)15(4)21-8-6-16(7-9-21)19(23)24-5/h10-11,15-16H,6-9H2,1-5H3,(H,20,22)/t15-/m1/s1. The average Bonchev–Trinajstić information content (AvgIpc) is 2.56. The number of rotatable bonds is 4. The molecule has 1 aromatic carbocycles. The van der Waals surface area contributed by atoms with Crippen molar-refractivity contribution in [2.24, 2.45) is 5.92 Å². The molecule has 1 aliphatic heterocycles. The van der Waals surface area contributed by atoms with E-state index < -0.39 is 0 Å². The lowest BCUT2D eigenvalue weighted by atomic mass is 9.96. The van der Waals surface area contributed by atoms with E-state index >= 15 is 0 Å². The minimum absolute atomic E-state index is 0.00145. The molecule has 132 valence electrons. The van der Waals surface area contributed by atoms with Crippen LogP contribution in [-0.2, 0) is 14.3 Å². The maximum atomic E-state index is 12.6. The lowest BCUT2D eigenvalue weighted by Gasteiger charge is -2.34. The van der Waals surface area contributed by atoms with Crippen molar-refractivity contribution in [1.29, 1.82) is 0 Å². The molecule has 1 saturated heterocycles. The molecule has 1 N–H and O–H groups in total. The van der Waals surface area contributed by atoms with Crippen molar-refractivity contribution < 1.29 is 14.3 Å². The molecular formula is C19H28N2O3. The Hall–Kier alpha value is -1.88. The second kappa shape index (κ2) is 7.79. The zero-order valence-corrected chi connectivity index (χ0v) is 15.3. The van der Waals surface area contributed by atoms with Crippen molar-refractivity contribution in [3.8, 4) is 0 Å². The van der Waals surface area contributed by atoms with Crippen molar-refractivity contribution in [2.45, 2.75) is 46.6 Å². The summed E-state index contributed by atoms with van der Waals surface area (Å²) in [6.07, 6.45) is 1.49. The van der Waals surface area contributed by atoms with Crippen LogP contribution in [0.5, 0.6) is 0 Å². The van der Waals surface area contributed by atoms with Gasteiger partial charge in [0.2, 0.25) is 5.91 Å². The van der Waals surface area contributed by atoms with E-state index in [4.69, 9.17) is 4.74 Å². The molecule has 5 heteroatoms. The molecule has 0 aliphatic carbocycles. The Bertz CT molecular complexity index is 596. The minimum atomic E-state index is -0.219. The number of nitrogens with one attached hydrogen (secondary N) is 1. The third-order valence-corrected chi connectivity index (χ3v) is 4.92. The fourth-order valence-electron chi connectivity index (χ4n) is 3.46. The first kappa shape index (κ1) is 18.5. The van der Waals surface area contributed by atoms with Gasteiger partial charge in [-0.2, -0.15) is 0 Å². The quantitative estimate of drug-likeness (QED) is 0.862. The molecule has 0 bridgehead atoms. The summed E-state index contributed by atoms with van der Waals surface area (Å²) in [5, 5.41) is 3.08. The summed E-state index contributed by atoms with van der Waals surface area (Å²) in [4.78, 5) is 26.4. The number of carbonyl (C=O) groups excluding carboxylic acids is 2. The van der Waals surface area contributed by atoms with Gasteiger partial charge in [0.05, 0.1) is 19.1 Å². The zero-order valence-electron chi connectivity index (χ0n) is 15.3. The van der Waals surface area contributed by atoms with E-state index in [9.17, 15) is 9.59 Å². The highest BCUT2D eigenvalue weighted by molar-refractivity contribution is 5.96. The fourth-order valence-corrected chi connectivity index (χ4v) is 3.46. The Labute approximate surface area is 144 Å². The van der Waals surface area contributed by atoms with Gasteiger partial charge in [-0.15, -0.1) is 0 Å². The fraction of sp³-hybridized carbons (Fsp3) is 0.579. The molecule has 0 aromatic heterocycles. The Balaban J connectivity index is 1.97. The van der Waals surface area contributed by atoms with Crippen LogP contribution in [0.2, 0.25) is 0 Å². The molecule has 5 nitrogen and oxygen atoms in total. The topological polar surface area (TPSA) is 58.6 Å². The number of piperidine rings is 1. The lowest BCUT2D eigenvalue weighted by Crippen LogP contribution is -2.47. The van der Waals surface area contributed by atoms with E-state index in [0.29, 0.717) is 0 Å². The average molecular weight is 332 g/mol. The molecule has 0 saturated carbocycles. The van der Waals surface area contributed by atoms with Crippen LogP contribution in [-0.4, -0.2) is 43.0 Å². The Morgan fingerprint density at radius 3 is 2.21 bits per heavy atom. The van der Waals surface area contributed by atoms with Crippen LogP contribution in [0.15, 0.2) is 12.1 Å². The first-order valence-electron chi connectivity index (χ1n) is 8.54. The Kier molecular flexibility index (Phi) is 5.99. The first-order chi connectivity index (χ1) is 11.3. The zero-order chi connectivity index (χ0) is 17.9. The number of benzene rings is 1. The van der Waals surface area contributed by atoms with Crippen molar-refractivity contribution in [3.05, 3.63) is 28.8 Å². The molecule has 1 aromatic rings. The molecule has 0 unspecified atom stereocenters. The third-order valence-electron chi connectivity index (χ3n) is 4.92. The van der Waals surface area contributed by atoms with Crippen molar-refractivity contribution >= 4 is 17.6 Å². The van der Waals surface area contributed by atoms with Crippen LogP contribution >= 0.6 is 0 Å². The van der Waals surface area contributed by atoms with Crippen LogP contribution < -0.4 is 5.32 Å². The van der Waals surface area contributed by atoms with Gasteiger partial charge < -0.3 is 10.1 Å². The number of amides is 1. The predicted octanol–water partition coefficient (Wildman–Crippen LogP) is 2.82. The van der Waals surface area contributed by atoms with Crippen molar-refractivity contribution in [2.75, 3.05) is 25.5 Å². The molecule has 0 spiro atoms. The first-order valence-corrected chi connectivity index (χ1v) is 8.54. The summed E-state index contributed by atoms with van der Waals surface area (Å²) >= 11 is 0. The van der Waals surface area contributed by atoms with Crippen molar-refractivity contribution in [1.82, 2.24) is 4.90 Å². The molecular weight excluding hydrogens is 304 g/mol. The molecule has 1 aliphatic rings. The highest BCUT2D eigenvalue weighted by Gasteiger charge is 2.30. The summed E-state index contributed by atoms with van der Waals surface area (Å²) in [5.74, 6) is -0.178. The Morgan fingerprint density at radius 1 is 1.17 bits per heavy atom. The highest BCUT2D eigenvalue weighted by atomic mass is 16.5. The number of nitrogens with zero attached hydrogens (tertiary/aromatic N) is 1. The number of anilines is 1. The van der Waals surface area contributed by atoms with Crippen molar-refractivity contribution in [3.63, 3.8) is 0 Å². The Morgan fingerprint density at radius 2 is 1.71 bits per heavy atom. The summed E-state index contributed by atoms with van der Waals surface area (Å²) in [6.45, 7) is 9.48. The van der Waals surface area contributed by atoms with E-state index in [1.807, 2.05) is 20.8 Å². The maximum absolute atomic E-state index is 12.6. The van der Waals surface area contributed by atoms with Crippen LogP contribution in [0, 0.1) is 26.7 Å². The molecule has 1 atom stereocenters. The highest BCUT2D eigenvalue weighted by Crippen LogP contribution is 2.24. The van der Waals surface area contributed by atoms with E-state index in [1.165, 1.54) is 12.7 Å². The van der Waals surface area contributed by atoms with Gasteiger partial charge in [0, 0.05) is 5.69 Å². The summed E-state index contributed by atoms with van der Waals surface area (Å²) in [6, 6.07) is 3.94. The molecule has 2 rings (SSSR count). The molecule has 24 heavy (non-hydrogen) atoms. The smallest absolute Gasteiger partial charge is 0.308 e. The van der Waals surface area contributed by atoms with E-state index in [-0.39, 0.29) is 23.8 Å². The molecule has 1 heterocycles. The number of hydrogen-bond donors (Lipinski definition) is 1. The summed E-state index contributed by atoms with van der Waals surface area (Å²) < 4.78 is 4.81. The maximum Gasteiger partial charge on any atom is 0.308 e. The van der Waals surface area contributed by atoms with E-state index in [0.717, 1.165) is 42.7 Å². The SMILES string of the molecule is COC(=O)C1CCN([C@H](C)C(=O)Nc2c(C)cc(C)cc2C)CC1. The van der Waals surface area contributed by atoms with Crippen LogP contribution in [0.1, 0.15) is 36.5 Å². The third kappa shape index (κ3) is 4.15. The van der Waals surface area contributed by atoms with E-state index in [2.05, 4.69) is 29.3 Å². The van der Waals surface area contributed by atoms with Gasteiger partial charge in [0.1, 0.15) is 0 Å². The number of aryl methyl sites for hydroxylation is 3. The van der Waals surface area contributed by atoms with Gasteiger partial charge in [-0.3, -0.25) is 14.5 Å². The second-order valence-electron chi connectivity index (χ2n) is 6.77. The van der Waals surface area contributed by atoms with Gasteiger partial charge in [-0.25, -0.2) is 0 Å². The van der Waals surface area contributed by atoms with Crippen LogP contribution in [0.25, 0.3) is 0 Å². The summed E-state index contributed by atoms with van der Waals surface area (Å²) in [7, 11) is 1.43. The van der Waals surface area contributed by atoms with Crippen LogP contribution in [0.3, 0.4) is 0 Å². The largest absolute Gasteiger partial charge is 0.469 e. The number of ether oxygens (including phenoxy) is 1. The lowest BCUT2D eigenvalue weighted by molar-refractivity contribution is -0.147. The van der Waals surface area contributed by atoms with Gasteiger partial charge in [0.15, 0.2) is 0 Å². The van der Waals surface area contributed by atoms with Gasteiger partial charge in [-0.1, -0.05) is 17.7 Å². The van der Waals surface area contributed by atoms with E-state index in [1.54, 1.807) is 0 Å². The minimum Gasteiger partial charge on any atom is -0.469 e. The number of esters is 1. The monoisotopic (exact) mass is 332 g/mol.